The van der Waals surface area contributed by atoms with Gasteiger partial charge in [0, 0.05) is 18.2 Å². The lowest BCUT2D eigenvalue weighted by molar-refractivity contribution is -0.116. The minimum atomic E-state index is -3.50. The van der Waals surface area contributed by atoms with Crippen molar-refractivity contribution in [2.75, 3.05) is 24.7 Å². The summed E-state index contributed by atoms with van der Waals surface area (Å²) in [4.78, 5) is 12.8. The van der Waals surface area contributed by atoms with Gasteiger partial charge in [0.2, 0.25) is 15.9 Å². The standard InChI is InChI=1S/C23H28N4O3S/c1-17(2)15-26(31(4,29)30)16-23(28)24-22-14-21(19-8-6-5-7-9-19)25-27(22)20-12-10-18(3)11-13-20/h5-14,17H,15-16H2,1-4H3,(H,24,28). The number of nitrogens with one attached hydrogen (secondary N) is 1. The molecule has 1 heterocycles. The third-order valence-electron chi connectivity index (χ3n) is 4.68. The smallest absolute Gasteiger partial charge is 0.240 e. The summed E-state index contributed by atoms with van der Waals surface area (Å²) in [6, 6.07) is 19.3. The average Bonchev–Trinajstić information content (AvgIpc) is 3.11. The van der Waals surface area contributed by atoms with Crippen molar-refractivity contribution in [2.24, 2.45) is 5.92 Å². The lowest BCUT2D eigenvalue weighted by Crippen LogP contribution is -2.39. The molecule has 8 heteroatoms. The van der Waals surface area contributed by atoms with Crippen LogP contribution in [0.15, 0.2) is 60.7 Å². The maximum atomic E-state index is 12.8. The average molecular weight is 441 g/mol. The number of hydrogen-bond donors (Lipinski definition) is 1. The van der Waals surface area contributed by atoms with Crippen LogP contribution in [0, 0.1) is 12.8 Å². The summed E-state index contributed by atoms with van der Waals surface area (Å²) >= 11 is 0. The zero-order valence-electron chi connectivity index (χ0n) is 18.2. The highest BCUT2D eigenvalue weighted by Crippen LogP contribution is 2.25. The fourth-order valence-corrected chi connectivity index (χ4v) is 4.09. The molecular formula is C23H28N4O3S. The number of hydrogen-bond acceptors (Lipinski definition) is 4. The highest BCUT2D eigenvalue weighted by Gasteiger charge is 2.22. The predicted molar refractivity (Wildman–Crippen MR) is 124 cm³/mol. The first kappa shape index (κ1) is 22.7. The van der Waals surface area contributed by atoms with Gasteiger partial charge in [0.25, 0.3) is 0 Å². The number of aromatic nitrogens is 2. The van der Waals surface area contributed by atoms with Crippen molar-refractivity contribution < 1.29 is 13.2 Å². The molecule has 1 aromatic heterocycles. The Kier molecular flexibility index (Phi) is 6.92. The van der Waals surface area contributed by atoms with E-state index in [1.54, 1.807) is 10.7 Å². The fraction of sp³-hybridized carbons (Fsp3) is 0.304. The first-order valence-electron chi connectivity index (χ1n) is 10.1. The van der Waals surface area contributed by atoms with Gasteiger partial charge in [-0.15, -0.1) is 0 Å². The van der Waals surface area contributed by atoms with Crippen molar-refractivity contribution in [1.29, 1.82) is 0 Å². The Labute approximate surface area is 183 Å². The van der Waals surface area contributed by atoms with Crippen LogP contribution in [0.4, 0.5) is 5.82 Å². The molecule has 0 aliphatic carbocycles. The van der Waals surface area contributed by atoms with Gasteiger partial charge in [0.15, 0.2) is 0 Å². The molecule has 1 amide bonds. The lowest BCUT2D eigenvalue weighted by Gasteiger charge is -2.21. The summed E-state index contributed by atoms with van der Waals surface area (Å²) in [5, 5.41) is 7.52. The van der Waals surface area contributed by atoms with Crippen molar-refractivity contribution in [2.45, 2.75) is 20.8 Å². The SMILES string of the molecule is Cc1ccc(-n2nc(-c3ccccc3)cc2NC(=O)CN(CC(C)C)S(C)(=O)=O)cc1. The molecule has 1 N–H and O–H groups in total. The molecule has 3 aromatic rings. The van der Waals surface area contributed by atoms with E-state index in [-0.39, 0.29) is 19.0 Å². The molecule has 0 aliphatic rings. The van der Waals surface area contributed by atoms with Gasteiger partial charge in [-0.2, -0.15) is 9.40 Å². The Hall–Kier alpha value is -2.97. The van der Waals surface area contributed by atoms with Crippen LogP contribution in [0.25, 0.3) is 16.9 Å². The van der Waals surface area contributed by atoms with Gasteiger partial charge in [-0.25, -0.2) is 13.1 Å². The van der Waals surface area contributed by atoms with E-state index in [0.717, 1.165) is 23.1 Å². The van der Waals surface area contributed by atoms with E-state index in [4.69, 9.17) is 0 Å². The summed E-state index contributed by atoms with van der Waals surface area (Å²) in [6.45, 7) is 5.85. The van der Waals surface area contributed by atoms with Crippen LogP contribution in [0.5, 0.6) is 0 Å². The Bertz CT molecular complexity index is 1140. The molecule has 0 atom stereocenters. The quantitative estimate of drug-likeness (QED) is 0.579. The molecule has 0 bridgehead atoms. The molecular weight excluding hydrogens is 412 g/mol. The van der Waals surface area contributed by atoms with Crippen molar-refractivity contribution >= 4 is 21.7 Å². The molecule has 0 fully saturated rings. The number of nitrogens with zero attached hydrogens (tertiary/aromatic N) is 3. The van der Waals surface area contributed by atoms with Crippen LogP contribution < -0.4 is 5.32 Å². The van der Waals surface area contributed by atoms with Gasteiger partial charge in [-0.1, -0.05) is 61.9 Å². The second-order valence-corrected chi connectivity index (χ2v) is 10.0. The first-order valence-corrected chi connectivity index (χ1v) is 12.0. The Morgan fingerprint density at radius 1 is 1.10 bits per heavy atom. The van der Waals surface area contributed by atoms with Crippen LogP contribution in [-0.2, 0) is 14.8 Å². The van der Waals surface area contributed by atoms with Gasteiger partial charge >= 0.3 is 0 Å². The third kappa shape index (κ3) is 6.02. The zero-order valence-corrected chi connectivity index (χ0v) is 19.1. The Balaban J connectivity index is 1.92. The second kappa shape index (κ2) is 9.45. The highest BCUT2D eigenvalue weighted by molar-refractivity contribution is 7.88. The normalized spacial score (nSPS) is 11.8. The van der Waals surface area contributed by atoms with E-state index in [1.807, 2.05) is 75.4 Å². The molecule has 0 unspecified atom stereocenters. The molecule has 0 saturated carbocycles. The summed E-state index contributed by atoms with van der Waals surface area (Å²) in [6.07, 6.45) is 1.12. The van der Waals surface area contributed by atoms with Gasteiger partial charge in [0.05, 0.1) is 24.2 Å². The highest BCUT2D eigenvalue weighted by atomic mass is 32.2. The van der Waals surface area contributed by atoms with Crippen molar-refractivity contribution in [3.8, 4) is 16.9 Å². The molecule has 2 aromatic carbocycles. The van der Waals surface area contributed by atoms with Crippen LogP contribution in [0.1, 0.15) is 19.4 Å². The van der Waals surface area contributed by atoms with E-state index in [9.17, 15) is 13.2 Å². The largest absolute Gasteiger partial charge is 0.309 e. The summed E-state index contributed by atoms with van der Waals surface area (Å²) in [5.41, 5.74) is 3.53. The second-order valence-electron chi connectivity index (χ2n) is 8.03. The number of carbonyl (C=O) groups excluding carboxylic acids is 1. The maximum absolute atomic E-state index is 12.8. The minimum Gasteiger partial charge on any atom is -0.309 e. The number of aryl methyl sites for hydroxylation is 1. The van der Waals surface area contributed by atoms with Crippen LogP contribution in [-0.4, -0.2) is 47.8 Å². The number of rotatable bonds is 8. The van der Waals surface area contributed by atoms with Gasteiger partial charge in [0.1, 0.15) is 5.82 Å². The van der Waals surface area contributed by atoms with Gasteiger partial charge in [-0.3, -0.25) is 4.79 Å². The molecule has 0 aliphatic heterocycles. The molecule has 164 valence electrons. The Morgan fingerprint density at radius 2 is 1.74 bits per heavy atom. The van der Waals surface area contributed by atoms with Gasteiger partial charge in [-0.05, 0) is 25.0 Å². The molecule has 0 spiro atoms. The number of sulfonamides is 1. The summed E-state index contributed by atoms with van der Waals surface area (Å²) in [7, 11) is -3.50. The molecule has 31 heavy (non-hydrogen) atoms. The molecule has 3 rings (SSSR count). The Morgan fingerprint density at radius 3 is 2.32 bits per heavy atom. The third-order valence-corrected chi connectivity index (χ3v) is 5.90. The summed E-state index contributed by atoms with van der Waals surface area (Å²) < 4.78 is 27.0. The van der Waals surface area contributed by atoms with Crippen molar-refractivity contribution in [1.82, 2.24) is 14.1 Å². The molecule has 7 nitrogen and oxygen atoms in total. The first-order chi connectivity index (χ1) is 14.6. The number of amides is 1. The van der Waals surface area contributed by atoms with E-state index >= 15 is 0 Å². The summed E-state index contributed by atoms with van der Waals surface area (Å²) in [5.74, 6) is 0.162. The fourth-order valence-electron chi connectivity index (χ4n) is 3.17. The maximum Gasteiger partial charge on any atom is 0.240 e. The molecule has 0 radical (unpaired) electrons. The number of benzene rings is 2. The number of carbonyl (C=O) groups is 1. The van der Waals surface area contributed by atoms with Gasteiger partial charge < -0.3 is 5.32 Å². The van der Waals surface area contributed by atoms with E-state index in [0.29, 0.717) is 11.5 Å². The van der Waals surface area contributed by atoms with E-state index < -0.39 is 15.9 Å². The van der Waals surface area contributed by atoms with Crippen LogP contribution in [0.2, 0.25) is 0 Å². The minimum absolute atomic E-state index is 0.102. The van der Waals surface area contributed by atoms with E-state index in [2.05, 4.69) is 10.4 Å². The van der Waals surface area contributed by atoms with Crippen LogP contribution >= 0.6 is 0 Å². The van der Waals surface area contributed by atoms with Crippen LogP contribution in [0.3, 0.4) is 0 Å². The van der Waals surface area contributed by atoms with E-state index in [1.165, 1.54) is 4.31 Å². The van der Waals surface area contributed by atoms with Crippen molar-refractivity contribution in [3.05, 3.63) is 66.2 Å². The predicted octanol–water partition coefficient (Wildman–Crippen LogP) is 3.70. The lowest BCUT2D eigenvalue weighted by atomic mass is 10.1. The van der Waals surface area contributed by atoms with Crippen molar-refractivity contribution in [3.63, 3.8) is 0 Å². The monoisotopic (exact) mass is 440 g/mol. The number of anilines is 1. The topological polar surface area (TPSA) is 84.3 Å². The zero-order chi connectivity index (χ0) is 22.6. The molecule has 0 saturated heterocycles.